The van der Waals surface area contributed by atoms with Gasteiger partial charge < -0.3 is 14.2 Å². The van der Waals surface area contributed by atoms with Gasteiger partial charge in [-0.05, 0) is 56.4 Å². The van der Waals surface area contributed by atoms with Gasteiger partial charge >= 0.3 is 7.60 Å². The molecular weight excluding hydrogens is 311 g/mol. The van der Waals surface area contributed by atoms with Gasteiger partial charge in [-0.3, -0.25) is 4.57 Å². The molecule has 3 unspecified atom stereocenters. The maximum absolute atomic E-state index is 12.9. The van der Waals surface area contributed by atoms with Crippen LogP contribution in [0.3, 0.4) is 0 Å². The van der Waals surface area contributed by atoms with Gasteiger partial charge in [-0.1, -0.05) is 26.3 Å². The van der Waals surface area contributed by atoms with Crippen molar-refractivity contribution in [2.75, 3.05) is 19.4 Å². The van der Waals surface area contributed by atoms with Gasteiger partial charge in [0.05, 0.1) is 25.5 Å². The van der Waals surface area contributed by atoms with E-state index >= 15 is 0 Å². The molecule has 2 rings (SSSR count). The first-order valence-corrected chi connectivity index (χ1v) is 10.8. The van der Waals surface area contributed by atoms with E-state index in [0.717, 1.165) is 19.3 Å². The fourth-order valence-electron chi connectivity index (χ4n) is 4.45. The monoisotopic (exact) mass is 344 g/mol. The molecule has 0 aliphatic heterocycles. The zero-order valence-corrected chi connectivity index (χ0v) is 16.2. The van der Waals surface area contributed by atoms with Crippen LogP contribution in [0.2, 0.25) is 0 Å². The highest BCUT2D eigenvalue weighted by Crippen LogP contribution is 2.56. The van der Waals surface area contributed by atoms with Crippen LogP contribution in [-0.2, 0) is 13.6 Å². The van der Waals surface area contributed by atoms with E-state index in [1.165, 1.54) is 17.6 Å². The first-order chi connectivity index (χ1) is 10.7. The third kappa shape index (κ3) is 4.10. The summed E-state index contributed by atoms with van der Waals surface area (Å²) in [6.45, 7) is 11.0. The molecule has 0 fully saturated rings. The Morgan fingerprint density at radius 2 is 1.87 bits per heavy atom. The summed E-state index contributed by atoms with van der Waals surface area (Å²) >= 11 is 0. The Bertz CT molecular complexity index is 487. The Kier molecular flexibility index (Phi) is 6.16. The number of aliphatic hydroxyl groups is 1. The van der Waals surface area contributed by atoms with Crippen LogP contribution in [0.5, 0.6) is 0 Å². The summed E-state index contributed by atoms with van der Waals surface area (Å²) in [4.78, 5) is 0. The van der Waals surface area contributed by atoms with Gasteiger partial charge in [-0.25, -0.2) is 0 Å². The molecule has 134 valence electrons. The number of hydrogen-bond donors (Lipinski definition) is 1. The van der Waals surface area contributed by atoms with Gasteiger partial charge in [-0.15, -0.1) is 0 Å². The van der Waals surface area contributed by atoms with Gasteiger partial charge in [0.25, 0.3) is 0 Å². The predicted octanol–water partition coefficient (Wildman–Crippen LogP) is 4.78. The third-order valence-electron chi connectivity index (χ3n) is 5.48. The topological polar surface area (TPSA) is 55.8 Å². The number of hydrogen-bond acceptors (Lipinski definition) is 4. The molecule has 3 atom stereocenters. The summed E-state index contributed by atoms with van der Waals surface area (Å²) < 4.78 is 23.8. The van der Waals surface area contributed by atoms with Gasteiger partial charge in [-0.2, -0.15) is 0 Å². The van der Waals surface area contributed by atoms with Crippen LogP contribution < -0.4 is 0 Å². The fourth-order valence-corrected chi connectivity index (χ4v) is 6.60. The molecule has 2 aliphatic rings. The molecule has 0 bridgehead atoms. The second-order valence-corrected chi connectivity index (χ2v) is 9.78. The molecule has 0 amide bonds. The van der Waals surface area contributed by atoms with Crippen molar-refractivity contribution in [2.45, 2.75) is 66.4 Å². The van der Waals surface area contributed by atoms with E-state index < -0.39 is 13.7 Å². The van der Waals surface area contributed by atoms with Crippen molar-refractivity contribution in [1.29, 1.82) is 0 Å². The quantitative estimate of drug-likeness (QED) is 0.557. The zero-order chi connectivity index (χ0) is 17.3. The standard InChI is InChI=1S/C18H33O4P/c1-6-21-23(20,22-7-2)12-15-13(3)11-14-9-8-10-18(4,5)16(14)17(15)19/h13,15,17,19H,6-12H2,1-5H3. The van der Waals surface area contributed by atoms with Crippen LogP contribution in [0.25, 0.3) is 0 Å². The van der Waals surface area contributed by atoms with Crippen LogP contribution in [0, 0.1) is 17.3 Å². The Morgan fingerprint density at radius 1 is 1.26 bits per heavy atom. The molecule has 0 aromatic rings. The molecule has 2 aliphatic carbocycles. The third-order valence-corrected chi connectivity index (χ3v) is 7.65. The van der Waals surface area contributed by atoms with Gasteiger partial charge in [0.15, 0.2) is 0 Å². The lowest BCUT2D eigenvalue weighted by Crippen LogP contribution is -2.42. The van der Waals surface area contributed by atoms with E-state index in [1.54, 1.807) is 0 Å². The lowest BCUT2D eigenvalue weighted by molar-refractivity contribution is 0.0726. The molecule has 0 spiro atoms. The van der Waals surface area contributed by atoms with E-state index in [-0.39, 0.29) is 11.3 Å². The summed E-state index contributed by atoms with van der Waals surface area (Å²) in [6.07, 6.45) is 4.19. The minimum atomic E-state index is -3.13. The van der Waals surface area contributed by atoms with Crippen molar-refractivity contribution in [3.05, 3.63) is 11.1 Å². The molecule has 0 saturated carbocycles. The van der Waals surface area contributed by atoms with E-state index in [4.69, 9.17) is 9.05 Å². The second-order valence-electron chi connectivity index (χ2n) is 7.67. The van der Waals surface area contributed by atoms with Gasteiger partial charge in [0.1, 0.15) is 0 Å². The SMILES string of the molecule is CCOP(=O)(CC1C(C)CC2=C(C1O)C(C)(C)CCC2)OCC. The van der Waals surface area contributed by atoms with Crippen LogP contribution in [0.4, 0.5) is 0 Å². The summed E-state index contributed by atoms with van der Waals surface area (Å²) in [5.74, 6) is 0.238. The van der Waals surface area contributed by atoms with Crippen LogP contribution in [-0.4, -0.2) is 30.6 Å². The highest BCUT2D eigenvalue weighted by Gasteiger charge is 2.45. The maximum atomic E-state index is 12.9. The van der Waals surface area contributed by atoms with Crippen molar-refractivity contribution >= 4 is 7.60 Å². The molecule has 4 nitrogen and oxygen atoms in total. The van der Waals surface area contributed by atoms with Crippen molar-refractivity contribution in [3.63, 3.8) is 0 Å². The maximum Gasteiger partial charge on any atom is 0.331 e. The molecule has 0 radical (unpaired) electrons. The summed E-state index contributed by atoms with van der Waals surface area (Å²) in [6, 6.07) is 0. The Balaban J connectivity index is 2.27. The molecule has 0 aromatic heterocycles. The zero-order valence-electron chi connectivity index (χ0n) is 15.3. The first kappa shape index (κ1) is 19.2. The molecule has 1 N–H and O–H groups in total. The van der Waals surface area contributed by atoms with Crippen molar-refractivity contribution in [1.82, 2.24) is 0 Å². The molecule has 0 aromatic carbocycles. The Labute approximate surface area is 141 Å². The Hall–Kier alpha value is -0.150. The lowest BCUT2D eigenvalue weighted by atomic mass is 9.62. The highest BCUT2D eigenvalue weighted by atomic mass is 31.2. The minimum Gasteiger partial charge on any atom is -0.388 e. The largest absolute Gasteiger partial charge is 0.388 e. The molecule has 5 heteroatoms. The van der Waals surface area contributed by atoms with E-state index in [0.29, 0.717) is 25.3 Å². The molecule has 23 heavy (non-hydrogen) atoms. The molecule has 0 saturated heterocycles. The Morgan fingerprint density at radius 3 is 2.43 bits per heavy atom. The van der Waals surface area contributed by atoms with Crippen molar-refractivity contribution < 1.29 is 18.7 Å². The summed E-state index contributed by atoms with van der Waals surface area (Å²) in [5.41, 5.74) is 2.67. The van der Waals surface area contributed by atoms with Crippen LogP contribution >= 0.6 is 7.60 Å². The first-order valence-electron chi connectivity index (χ1n) is 9.02. The minimum absolute atomic E-state index is 0.0343. The van der Waals surface area contributed by atoms with Crippen LogP contribution in [0.15, 0.2) is 11.1 Å². The van der Waals surface area contributed by atoms with Crippen molar-refractivity contribution in [2.24, 2.45) is 17.3 Å². The fraction of sp³-hybridized carbons (Fsp3) is 0.889. The summed E-state index contributed by atoms with van der Waals surface area (Å²) in [7, 11) is -3.13. The van der Waals surface area contributed by atoms with Gasteiger partial charge in [0.2, 0.25) is 0 Å². The highest BCUT2D eigenvalue weighted by molar-refractivity contribution is 7.53. The van der Waals surface area contributed by atoms with Gasteiger partial charge in [0, 0.05) is 5.92 Å². The van der Waals surface area contributed by atoms with Crippen molar-refractivity contribution in [3.8, 4) is 0 Å². The summed E-state index contributed by atoms with van der Waals surface area (Å²) in [5, 5.41) is 11.1. The van der Waals surface area contributed by atoms with E-state index in [2.05, 4.69) is 20.8 Å². The number of rotatable bonds is 6. The normalized spacial score (nSPS) is 31.1. The van der Waals surface area contributed by atoms with E-state index in [1.807, 2.05) is 13.8 Å². The number of allylic oxidation sites excluding steroid dienone is 1. The van der Waals surface area contributed by atoms with E-state index in [9.17, 15) is 9.67 Å². The second kappa shape index (κ2) is 7.39. The molecular formula is C18H33O4P. The lowest BCUT2D eigenvalue weighted by Gasteiger charge is -2.46. The number of aliphatic hydroxyl groups excluding tert-OH is 1. The smallest absolute Gasteiger partial charge is 0.331 e. The molecule has 0 heterocycles. The average Bonchev–Trinajstić information content (AvgIpc) is 2.43. The average molecular weight is 344 g/mol. The van der Waals surface area contributed by atoms with Crippen LogP contribution in [0.1, 0.15) is 60.3 Å². The predicted molar refractivity (Wildman–Crippen MR) is 93.7 cm³/mol.